The predicted molar refractivity (Wildman–Crippen MR) is 76.1 cm³/mol. The van der Waals surface area contributed by atoms with Crippen LogP contribution in [-0.2, 0) is 0 Å². The van der Waals surface area contributed by atoms with Gasteiger partial charge in [-0.05, 0) is 25.5 Å². The van der Waals surface area contributed by atoms with Gasteiger partial charge in [-0.2, -0.15) is 0 Å². The zero-order valence-corrected chi connectivity index (χ0v) is 11.6. The molecule has 0 saturated heterocycles. The highest BCUT2D eigenvalue weighted by Crippen LogP contribution is 2.29. The summed E-state index contributed by atoms with van der Waals surface area (Å²) in [5, 5.41) is 22.5. The fraction of sp³-hybridized carbons (Fsp3) is 0.462. The number of aliphatic hydroxyl groups excluding tert-OH is 1. The Hall–Kier alpha value is -2.15. The summed E-state index contributed by atoms with van der Waals surface area (Å²) < 4.78 is 0. The smallest absolute Gasteiger partial charge is 0.293 e. The van der Waals surface area contributed by atoms with Gasteiger partial charge in [-0.15, -0.1) is 0 Å². The molecule has 2 N–H and O–H groups in total. The quantitative estimate of drug-likeness (QED) is 0.577. The number of aliphatic hydroxyl groups is 1. The SMILES string of the molecule is CCN(CCCO)c1ccc(C(=O)NC)cc1[N+](=O)[O-]. The van der Waals surface area contributed by atoms with Crippen LogP contribution in [0.3, 0.4) is 0 Å². The first-order valence-electron chi connectivity index (χ1n) is 6.41. The third-order valence-corrected chi connectivity index (χ3v) is 2.97. The molecule has 0 spiro atoms. The molecule has 20 heavy (non-hydrogen) atoms. The van der Waals surface area contributed by atoms with Crippen molar-refractivity contribution in [2.24, 2.45) is 0 Å². The van der Waals surface area contributed by atoms with E-state index in [1.807, 2.05) is 11.8 Å². The van der Waals surface area contributed by atoms with Gasteiger partial charge in [0.1, 0.15) is 5.69 Å². The first-order chi connectivity index (χ1) is 9.54. The van der Waals surface area contributed by atoms with Crippen LogP contribution in [0.15, 0.2) is 18.2 Å². The number of amides is 1. The molecular weight excluding hydrogens is 262 g/mol. The van der Waals surface area contributed by atoms with Crippen LogP contribution in [0.25, 0.3) is 0 Å². The average Bonchev–Trinajstić information content (AvgIpc) is 2.47. The van der Waals surface area contributed by atoms with E-state index in [1.165, 1.54) is 13.1 Å². The van der Waals surface area contributed by atoms with Gasteiger partial charge in [-0.25, -0.2) is 0 Å². The second-order valence-electron chi connectivity index (χ2n) is 4.20. The monoisotopic (exact) mass is 281 g/mol. The number of nitro benzene ring substituents is 1. The maximum absolute atomic E-state index is 11.5. The van der Waals surface area contributed by atoms with Gasteiger partial charge in [0.25, 0.3) is 11.6 Å². The van der Waals surface area contributed by atoms with Gasteiger partial charge in [0.2, 0.25) is 0 Å². The Morgan fingerprint density at radius 1 is 1.50 bits per heavy atom. The summed E-state index contributed by atoms with van der Waals surface area (Å²) >= 11 is 0. The molecule has 0 aliphatic heterocycles. The maximum atomic E-state index is 11.5. The summed E-state index contributed by atoms with van der Waals surface area (Å²) in [5.74, 6) is -0.363. The second kappa shape index (κ2) is 7.44. The average molecular weight is 281 g/mol. The zero-order valence-electron chi connectivity index (χ0n) is 11.6. The number of carbonyl (C=O) groups excluding carboxylic acids is 1. The molecule has 7 nitrogen and oxygen atoms in total. The van der Waals surface area contributed by atoms with Crippen molar-refractivity contribution in [3.8, 4) is 0 Å². The van der Waals surface area contributed by atoms with Crippen LogP contribution in [-0.4, -0.2) is 42.7 Å². The Bertz CT molecular complexity index is 491. The van der Waals surface area contributed by atoms with E-state index in [1.54, 1.807) is 12.1 Å². The number of nitrogens with one attached hydrogen (secondary N) is 1. The van der Waals surface area contributed by atoms with Gasteiger partial charge in [-0.1, -0.05) is 0 Å². The lowest BCUT2D eigenvalue weighted by Crippen LogP contribution is -2.26. The van der Waals surface area contributed by atoms with Gasteiger partial charge in [0.15, 0.2) is 0 Å². The Balaban J connectivity index is 3.18. The number of carbonyl (C=O) groups is 1. The fourth-order valence-electron chi connectivity index (χ4n) is 1.93. The molecule has 0 aliphatic rings. The fourth-order valence-corrected chi connectivity index (χ4v) is 1.93. The van der Waals surface area contributed by atoms with Crippen molar-refractivity contribution in [3.05, 3.63) is 33.9 Å². The number of hydrogen-bond acceptors (Lipinski definition) is 5. The van der Waals surface area contributed by atoms with E-state index in [9.17, 15) is 14.9 Å². The highest BCUT2D eigenvalue weighted by Gasteiger charge is 2.20. The molecule has 0 bridgehead atoms. The van der Waals surface area contributed by atoms with E-state index < -0.39 is 4.92 Å². The van der Waals surface area contributed by atoms with Crippen LogP contribution < -0.4 is 10.2 Å². The van der Waals surface area contributed by atoms with E-state index in [-0.39, 0.29) is 23.8 Å². The number of nitro groups is 1. The van der Waals surface area contributed by atoms with Crippen LogP contribution in [0, 0.1) is 10.1 Å². The summed E-state index contributed by atoms with van der Waals surface area (Å²) in [6.07, 6.45) is 0.530. The number of benzene rings is 1. The van der Waals surface area contributed by atoms with Crippen molar-refractivity contribution in [2.75, 3.05) is 31.6 Å². The van der Waals surface area contributed by atoms with Crippen LogP contribution >= 0.6 is 0 Å². The van der Waals surface area contributed by atoms with E-state index in [0.29, 0.717) is 25.2 Å². The lowest BCUT2D eigenvalue weighted by molar-refractivity contribution is -0.384. The normalized spacial score (nSPS) is 10.2. The van der Waals surface area contributed by atoms with Crippen LogP contribution in [0.5, 0.6) is 0 Å². The Kier molecular flexibility index (Phi) is 5.92. The van der Waals surface area contributed by atoms with Gasteiger partial charge in [-0.3, -0.25) is 14.9 Å². The molecule has 0 unspecified atom stereocenters. The molecule has 0 radical (unpaired) electrons. The highest BCUT2D eigenvalue weighted by atomic mass is 16.6. The van der Waals surface area contributed by atoms with Crippen LogP contribution in [0.1, 0.15) is 23.7 Å². The minimum Gasteiger partial charge on any atom is -0.396 e. The largest absolute Gasteiger partial charge is 0.396 e. The molecule has 0 atom stereocenters. The maximum Gasteiger partial charge on any atom is 0.293 e. The summed E-state index contributed by atoms with van der Waals surface area (Å²) in [7, 11) is 1.47. The van der Waals surface area contributed by atoms with Gasteiger partial charge in [0.05, 0.1) is 4.92 Å². The van der Waals surface area contributed by atoms with Crippen molar-refractivity contribution in [1.29, 1.82) is 0 Å². The Morgan fingerprint density at radius 2 is 2.20 bits per heavy atom. The van der Waals surface area contributed by atoms with E-state index in [2.05, 4.69) is 5.32 Å². The van der Waals surface area contributed by atoms with E-state index >= 15 is 0 Å². The Labute approximate surface area is 117 Å². The zero-order chi connectivity index (χ0) is 15.1. The van der Waals surface area contributed by atoms with Crippen molar-refractivity contribution in [3.63, 3.8) is 0 Å². The second-order valence-corrected chi connectivity index (χ2v) is 4.20. The third kappa shape index (κ3) is 3.67. The molecule has 0 heterocycles. The van der Waals surface area contributed by atoms with Crippen molar-refractivity contribution < 1.29 is 14.8 Å². The topological polar surface area (TPSA) is 95.7 Å². The van der Waals surface area contributed by atoms with E-state index in [4.69, 9.17) is 5.11 Å². The van der Waals surface area contributed by atoms with Gasteiger partial charge >= 0.3 is 0 Å². The van der Waals surface area contributed by atoms with Gasteiger partial charge in [0, 0.05) is 38.4 Å². The molecule has 110 valence electrons. The molecule has 0 aliphatic carbocycles. The number of rotatable bonds is 7. The summed E-state index contributed by atoms with van der Waals surface area (Å²) in [6.45, 7) is 3.02. The third-order valence-electron chi connectivity index (χ3n) is 2.97. The molecule has 0 saturated carbocycles. The molecule has 0 aromatic heterocycles. The van der Waals surface area contributed by atoms with Crippen molar-refractivity contribution >= 4 is 17.3 Å². The highest BCUT2D eigenvalue weighted by molar-refractivity contribution is 5.95. The molecule has 0 fully saturated rings. The number of nitrogens with zero attached hydrogens (tertiary/aromatic N) is 2. The molecule has 1 aromatic carbocycles. The summed E-state index contributed by atoms with van der Waals surface area (Å²) in [4.78, 5) is 24.0. The first kappa shape index (κ1) is 15.9. The first-order valence-corrected chi connectivity index (χ1v) is 6.41. The Morgan fingerprint density at radius 3 is 2.70 bits per heavy atom. The van der Waals surface area contributed by atoms with Crippen LogP contribution in [0.4, 0.5) is 11.4 Å². The lowest BCUT2D eigenvalue weighted by atomic mass is 10.1. The van der Waals surface area contributed by atoms with Crippen LogP contribution in [0.2, 0.25) is 0 Å². The number of hydrogen-bond donors (Lipinski definition) is 2. The van der Waals surface area contributed by atoms with Gasteiger partial charge < -0.3 is 15.3 Å². The number of anilines is 1. The van der Waals surface area contributed by atoms with E-state index in [0.717, 1.165) is 0 Å². The predicted octanol–water partition coefficient (Wildman–Crippen LogP) is 1.16. The molecular formula is C13H19N3O4. The van der Waals surface area contributed by atoms with Crippen molar-refractivity contribution in [1.82, 2.24) is 5.32 Å². The molecule has 1 aromatic rings. The molecule has 1 amide bonds. The molecule has 1 rings (SSSR count). The summed E-state index contributed by atoms with van der Waals surface area (Å²) in [6, 6.07) is 4.40. The molecule has 7 heteroatoms. The summed E-state index contributed by atoms with van der Waals surface area (Å²) in [5.41, 5.74) is 0.602. The minimum atomic E-state index is -0.497. The lowest BCUT2D eigenvalue weighted by Gasteiger charge is -2.22. The van der Waals surface area contributed by atoms with Crippen molar-refractivity contribution in [2.45, 2.75) is 13.3 Å². The minimum absolute atomic E-state index is 0.0284. The standard InChI is InChI=1S/C13H19N3O4/c1-3-15(7-4-8-17)11-6-5-10(13(18)14-2)9-12(11)16(19)20/h5-6,9,17H,3-4,7-8H2,1-2H3,(H,14,18).